The maximum absolute atomic E-state index is 11.6. The van der Waals surface area contributed by atoms with Gasteiger partial charge in [0.15, 0.2) is 5.82 Å². The summed E-state index contributed by atoms with van der Waals surface area (Å²) in [6.07, 6.45) is 0. The second-order valence-electron chi connectivity index (χ2n) is 5.37. The van der Waals surface area contributed by atoms with Crippen molar-refractivity contribution < 1.29 is 8.42 Å². The average molecular weight is 329 g/mol. The van der Waals surface area contributed by atoms with Crippen LogP contribution in [-0.2, 0) is 16.6 Å². The van der Waals surface area contributed by atoms with Gasteiger partial charge in [0.1, 0.15) is 0 Å². The molecular weight excluding hydrogens is 312 g/mol. The Morgan fingerprint density at radius 2 is 1.95 bits per heavy atom. The lowest BCUT2D eigenvalue weighted by atomic mass is 10.1. The van der Waals surface area contributed by atoms with E-state index in [1.54, 1.807) is 6.07 Å². The van der Waals surface area contributed by atoms with Crippen LogP contribution in [0.1, 0.15) is 19.4 Å². The Hall–Kier alpha value is -1.44. The molecule has 2 aromatic rings. The zero-order valence-corrected chi connectivity index (χ0v) is 13.6. The van der Waals surface area contributed by atoms with Gasteiger partial charge in [0, 0.05) is 17.1 Å². The summed E-state index contributed by atoms with van der Waals surface area (Å²) in [7, 11) is -3.93. The lowest BCUT2D eigenvalue weighted by molar-refractivity contribution is 0.486. The highest BCUT2D eigenvalue weighted by Crippen LogP contribution is 2.25. The maximum atomic E-state index is 11.6. The molecule has 0 fully saturated rings. The van der Waals surface area contributed by atoms with E-state index in [0.29, 0.717) is 23.0 Å². The van der Waals surface area contributed by atoms with Crippen LogP contribution in [0.25, 0.3) is 11.4 Å². The van der Waals surface area contributed by atoms with E-state index in [-0.39, 0.29) is 11.1 Å². The Morgan fingerprint density at radius 3 is 2.48 bits per heavy atom. The van der Waals surface area contributed by atoms with Crippen LogP contribution in [0.3, 0.4) is 0 Å². The molecule has 114 valence electrons. The van der Waals surface area contributed by atoms with Crippen molar-refractivity contribution in [3.05, 3.63) is 28.8 Å². The summed E-state index contributed by atoms with van der Waals surface area (Å²) < 4.78 is 24.8. The van der Waals surface area contributed by atoms with Crippen molar-refractivity contribution in [2.24, 2.45) is 11.1 Å². The number of rotatable bonds is 4. The fraction of sp³-hybridized carbons (Fsp3) is 0.385. The predicted molar refractivity (Wildman–Crippen MR) is 81.4 cm³/mol. The van der Waals surface area contributed by atoms with Crippen LogP contribution < -0.4 is 5.14 Å². The number of primary sulfonamides is 1. The summed E-state index contributed by atoms with van der Waals surface area (Å²) >= 11 is 6.05. The first kappa shape index (κ1) is 15.9. The lowest BCUT2D eigenvalue weighted by Crippen LogP contribution is -2.20. The first-order valence-corrected chi connectivity index (χ1v) is 8.34. The number of hydrogen-bond donors (Lipinski definition) is 1. The highest BCUT2D eigenvalue weighted by Gasteiger charge is 2.22. The molecule has 0 spiro atoms. The smallest absolute Gasteiger partial charge is 0.273 e. The van der Waals surface area contributed by atoms with Gasteiger partial charge in [0.05, 0.1) is 0 Å². The second-order valence-corrected chi connectivity index (χ2v) is 7.26. The topological polar surface area (TPSA) is 90.9 Å². The fourth-order valence-corrected chi connectivity index (χ4v) is 3.02. The van der Waals surface area contributed by atoms with Crippen LogP contribution >= 0.6 is 11.6 Å². The summed E-state index contributed by atoms with van der Waals surface area (Å²) in [4.78, 5) is 0. The second kappa shape index (κ2) is 5.75. The summed E-state index contributed by atoms with van der Waals surface area (Å²) in [5.74, 6) is 0.652. The fourth-order valence-electron chi connectivity index (χ4n) is 2.11. The van der Waals surface area contributed by atoms with Crippen LogP contribution in [0, 0.1) is 12.8 Å². The Balaban J connectivity index is 2.66. The van der Waals surface area contributed by atoms with Crippen molar-refractivity contribution >= 4 is 21.6 Å². The largest absolute Gasteiger partial charge is 0.296 e. The van der Waals surface area contributed by atoms with E-state index >= 15 is 0 Å². The third-order valence-electron chi connectivity index (χ3n) is 2.82. The molecule has 1 aromatic heterocycles. The molecule has 0 radical (unpaired) electrons. The molecule has 0 unspecified atom stereocenters. The molecule has 0 atom stereocenters. The number of halogens is 1. The third-order valence-corrected chi connectivity index (χ3v) is 3.85. The van der Waals surface area contributed by atoms with Gasteiger partial charge < -0.3 is 0 Å². The van der Waals surface area contributed by atoms with Gasteiger partial charge in [0.25, 0.3) is 15.2 Å². The molecule has 0 amide bonds. The molecule has 1 heterocycles. The zero-order chi connectivity index (χ0) is 15.8. The highest BCUT2D eigenvalue weighted by molar-refractivity contribution is 7.89. The number of aryl methyl sites for hydroxylation is 1. The van der Waals surface area contributed by atoms with E-state index in [4.69, 9.17) is 16.7 Å². The van der Waals surface area contributed by atoms with E-state index in [1.807, 2.05) is 32.9 Å². The van der Waals surface area contributed by atoms with E-state index in [1.165, 1.54) is 4.57 Å². The molecule has 0 aliphatic heterocycles. The van der Waals surface area contributed by atoms with Crippen LogP contribution in [0.2, 0.25) is 5.02 Å². The molecular formula is C13H17ClN4O2S. The third kappa shape index (κ3) is 3.61. The number of nitrogens with two attached hydrogens (primary N) is 1. The van der Waals surface area contributed by atoms with E-state index in [0.717, 1.165) is 5.56 Å². The lowest BCUT2D eigenvalue weighted by Gasteiger charge is -2.12. The van der Waals surface area contributed by atoms with Crippen molar-refractivity contribution in [1.82, 2.24) is 14.8 Å². The molecule has 0 aliphatic carbocycles. The Bertz CT molecular complexity index is 748. The summed E-state index contributed by atoms with van der Waals surface area (Å²) in [6.45, 7) is 6.29. The number of hydrogen-bond acceptors (Lipinski definition) is 4. The monoisotopic (exact) mass is 328 g/mol. The quantitative estimate of drug-likeness (QED) is 0.931. The molecule has 8 heteroatoms. The Labute approximate surface area is 129 Å². The standard InChI is InChI=1S/C13H17ClN4O2S/c1-8(2)7-18-12(16-17-13(18)21(15,19)20)10-4-9(3)5-11(14)6-10/h4-6,8H,7H2,1-3H3,(H2,15,19,20). The van der Waals surface area contributed by atoms with Crippen LogP contribution in [-0.4, -0.2) is 23.2 Å². The van der Waals surface area contributed by atoms with Crippen LogP contribution in [0.15, 0.2) is 23.4 Å². The van der Waals surface area contributed by atoms with Gasteiger partial charge in [-0.2, -0.15) is 0 Å². The number of sulfonamides is 1. The molecule has 6 nitrogen and oxygen atoms in total. The Morgan fingerprint density at radius 1 is 1.29 bits per heavy atom. The van der Waals surface area contributed by atoms with Crippen molar-refractivity contribution in [1.29, 1.82) is 0 Å². The molecule has 21 heavy (non-hydrogen) atoms. The first-order chi connectivity index (χ1) is 9.68. The molecule has 1 aromatic carbocycles. The summed E-state index contributed by atoms with van der Waals surface area (Å²) in [5, 5.41) is 13.2. The molecule has 0 bridgehead atoms. The van der Waals surface area contributed by atoms with E-state index in [9.17, 15) is 8.42 Å². The molecule has 0 saturated heterocycles. The normalized spacial score (nSPS) is 12.1. The van der Waals surface area contributed by atoms with Crippen molar-refractivity contribution in [2.45, 2.75) is 32.5 Å². The molecule has 2 N–H and O–H groups in total. The number of nitrogens with zero attached hydrogens (tertiary/aromatic N) is 3. The summed E-state index contributed by atoms with van der Waals surface area (Å²) in [6, 6.07) is 5.41. The van der Waals surface area contributed by atoms with Crippen molar-refractivity contribution in [3.63, 3.8) is 0 Å². The van der Waals surface area contributed by atoms with Gasteiger partial charge in [-0.3, -0.25) is 4.57 Å². The zero-order valence-electron chi connectivity index (χ0n) is 12.0. The van der Waals surface area contributed by atoms with Gasteiger partial charge >= 0.3 is 0 Å². The number of aromatic nitrogens is 3. The van der Waals surface area contributed by atoms with Gasteiger partial charge in [-0.15, -0.1) is 10.2 Å². The van der Waals surface area contributed by atoms with Gasteiger partial charge in [0.2, 0.25) is 0 Å². The molecule has 0 aliphatic rings. The SMILES string of the molecule is Cc1cc(Cl)cc(-c2nnc(S(N)(=O)=O)n2CC(C)C)c1. The van der Waals surface area contributed by atoms with Gasteiger partial charge in [-0.25, -0.2) is 13.6 Å². The first-order valence-electron chi connectivity index (χ1n) is 6.42. The minimum atomic E-state index is -3.93. The predicted octanol–water partition coefficient (Wildman–Crippen LogP) is 2.21. The summed E-state index contributed by atoms with van der Waals surface area (Å²) in [5.41, 5.74) is 1.66. The van der Waals surface area contributed by atoms with Crippen molar-refractivity contribution in [3.8, 4) is 11.4 Å². The molecule has 0 saturated carbocycles. The minimum Gasteiger partial charge on any atom is -0.296 e. The molecule has 2 rings (SSSR count). The maximum Gasteiger partial charge on any atom is 0.273 e. The van der Waals surface area contributed by atoms with Gasteiger partial charge in [-0.1, -0.05) is 25.4 Å². The minimum absolute atomic E-state index is 0.209. The van der Waals surface area contributed by atoms with E-state index < -0.39 is 10.0 Å². The number of benzene rings is 1. The van der Waals surface area contributed by atoms with E-state index in [2.05, 4.69) is 10.2 Å². The highest BCUT2D eigenvalue weighted by atomic mass is 35.5. The van der Waals surface area contributed by atoms with Crippen LogP contribution in [0.5, 0.6) is 0 Å². The van der Waals surface area contributed by atoms with Crippen LogP contribution in [0.4, 0.5) is 0 Å². The van der Waals surface area contributed by atoms with Crippen molar-refractivity contribution in [2.75, 3.05) is 0 Å². The van der Waals surface area contributed by atoms with Gasteiger partial charge in [-0.05, 0) is 36.6 Å². The Kier molecular flexibility index (Phi) is 4.36. The average Bonchev–Trinajstić information content (AvgIpc) is 2.69.